The van der Waals surface area contributed by atoms with Crippen LogP contribution in [0.2, 0.25) is 0 Å². The van der Waals surface area contributed by atoms with Gasteiger partial charge in [-0.3, -0.25) is 9.59 Å². The molecule has 1 aromatic rings. The molecule has 1 aromatic heterocycles. The zero-order valence-corrected chi connectivity index (χ0v) is 12.4. The molecule has 1 unspecified atom stereocenters. The van der Waals surface area contributed by atoms with Crippen molar-refractivity contribution in [1.82, 2.24) is 10.3 Å². The number of nitrogens with zero attached hydrogens (tertiary/aromatic N) is 1. The van der Waals surface area contributed by atoms with Gasteiger partial charge in [-0.05, 0) is 20.3 Å². The molecule has 19 heavy (non-hydrogen) atoms. The Hall–Kier alpha value is -1.43. The summed E-state index contributed by atoms with van der Waals surface area (Å²) in [6.07, 6.45) is 3.04. The second kappa shape index (κ2) is 7.89. The van der Waals surface area contributed by atoms with Crippen molar-refractivity contribution in [2.45, 2.75) is 46.1 Å². The molecule has 0 saturated carbocycles. The lowest BCUT2D eigenvalue weighted by Crippen LogP contribution is -2.27. The molecule has 1 amide bonds. The number of esters is 1. The normalized spacial score (nSPS) is 11.9. The quantitative estimate of drug-likeness (QED) is 0.780. The van der Waals surface area contributed by atoms with E-state index in [1.807, 2.05) is 13.1 Å². The number of rotatable bonds is 7. The fraction of sp³-hybridized carbons (Fsp3) is 0.615. The highest BCUT2D eigenvalue weighted by atomic mass is 32.1. The number of aromatic nitrogens is 1. The highest BCUT2D eigenvalue weighted by molar-refractivity contribution is 7.11. The highest BCUT2D eigenvalue weighted by Gasteiger charge is 2.14. The minimum absolute atomic E-state index is 0.116. The maximum atomic E-state index is 11.7. The SMILES string of the molecule is CCOC(=O)CCC(=O)NC(C)c1ncc(CC)s1. The van der Waals surface area contributed by atoms with Crippen LogP contribution in [-0.2, 0) is 20.7 Å². The lowest BCUT2D eigenvalue weighted by atomic mass is 10.2. The van der Waals surface area contributed by atoms with E-state index in [0.29, 0.717) is 6.61 Å². The topological polar surface area (TPSA) is 68.3 Å². The second-order valence-corrected chi connectivity index (χ2v) is 5.26. The largest absolute Gasteiger partial charge is 0.466 e. The van der Waals surface area contributed by atoms with Crippen molar-refractivity contribution in [3.63, 3.8) is 0 Å². The monoisotopic (exact) mass is 284 g/mol. The molecule has 0 aliphatic rings. The van der Waals surface area contributed by atoms with E-state index in [2.05, 4.69) is 17.2 Å². The molecule has 1 N–H and O–H groups in total. The van der Waals surface area contributed by atoms with Crippen molar-refractivity contribution >= 4 is 23.2 Å². The van der Waals surface area contributed by atoms with Crippen molar-refractivity contribution in [3.05, 3.63) is 16.1 Å². The van der Waals surface area contributed by atoms with Gasteiger partial charge in [0.1, 0.15) is 5.01 Å². The van der Waals surface area contributed by atoms with Gasteiger partial charge in [0.25, 0.3) is 0 Å². The summed E-state index contributed by atoms with van der Waals surface area (Å²) in [5.74, 6) is -0.498. The number of thiazole rings is 1. The predicted molar refractivity (Wildman–Crippen MR) is 73.9 cm³/mol. The van der Waals surface area contributed by atoms with Crippen LogP contribution in [0, 0.1) is 0 Å². The van der Waals surface area contributed by atoms with E-state index in [1.165, 1.54) is 4.88 Å². The van der Waals surface area contributed by atoms with Crippen molar-refractivity contribution in [3.8, 4) is 0 Å². The molecule has 0 radical (unpaired) electrons. The Morgan fingerprint density at radius 3 is 2.74 bits per heavy atom. The molecule has 0 saturated heterocycles. The number of carbonyl (C=O) groups is 2. The smallest absolute Gasteiger partial charge is 0.306 e. The number of hydrogen-bond acceptors (Lipinski definition) is 5. The van der Waals surface area contributed by atoms with E-state index in [0.717, 1.165) is 11.4 Å². The van der Waals surface area contributed by atoms with Gasteiger partial charge >= 0.3 is 5.97 Å². The summed E-state index contributed by atoms with van der Waals surface area (Å²) < 4.78 is 4.77. The summed E-state index contributed by atoms with van der Waals surface area (Å²) in [4.78, 5) is 28.3. The number of hydrogen-bond donors (Lipinski definition) is 1. The van der Waals surface area contributed by atoms with Crippen LogP contribution in [0.25, 0.3) is 0 Å². The zero-order valence-electron chi connectivity index (χ0n) is 11.6. The molecule has 0 fully saturated rings. The average Bonchev–Trinajstić information content (AvgIpc) is 2.85. The molecule has 1 atom stereocenters. The van der Waals surface area contributed by atoms with Gasteiger partial charge in [-0.25, -0.2) is 4.98 Å². The van der Waals surface area contributed by atoms with Gasteiger partial charge in [-0.1, -0.05) is 6.92 Å². The van der Waals surface area contributed by atoms with Crippen LogP contribution in [0.15, 0.2) is 6.20 Å². The molecule has 1 heterocycles. The van der Waals surface area contributed by atoms with Gasteiger partial charge in [0.15, 0.2) is 0 Å². The summed E-state index contributed by atoms with van der Waals surface area (Å²) in [5.41, 5.74) is 0. The van der Waals surface area contributed by atoms with E-state index in [4.69, 9.17) is 4.74 Å². The maximum absolute atomic E-state index is 11.7. The second-order valence-electron chi connectivity index (χ2n) is 4.11. The van der Waals surface area contributed by atoms with Gasteiger partial charge in [-0.2, -0.15) is 0 Å². The first kappa shape index (κ1) is 15.6. The van der Waals surface area contributed by atoms with Crippen molar-refractivity contribution in [1.29, 1.82) is 0 Å². The fourth-order valence-corrected chi connectivity index (χ4v) is 2.37. The molecule has 0 aliphatic carbocycles. The Morgan fingerprint density at radius 1 is 1.42 bits per heavy atom. The Morgan fingerprint density at radius 2 is 2.16 bits per heavy atom. The van der Waals surface area contributed by atoms with E-state index in [1.54, 1.807) is 18.3 Å². The first-order valence-electron chi connectivity index (χ1n) is 6.46. The van der Waals surface area contributed by atoms with Crippen molar-refractivity contribution < 1.29 is 14.3 Å². The number of nitrogens with one attached hydrogen (secondary N) is 1. The van der Waals surface area contributed by atoms with Crippen molar-refractivity contribution in [2.75, 3.05) is 6.61 Å². The summed E-state index contributed by atoms with van der Waals surface area (Å²) >= 11 is 1.60. The van der Waals surface area contributed by atoms with Crippen LogP contribution in [0.3, 0.4) is 0 Å². The Kier molecular flexibility index (Phi) is 6.49. The van der Waals surface area contributed by atoms with E-state index in [9.17, 15) is 9.59 Å². The first-order valence-corrected chi connectivity index (χ1v) is 7.28. The molecule has 6 heteroatoms. The minimum atomic E-state index is -0.340. The van der Waals surface area contributed by atoms with E-state index >= 15 is 0 Å². The zero-order chi connectivity index (χ0) is 14.3. The van der Waals surface area contributed by atoms with Crippen LogP contribution >= 0.6 is 11.3 Å². The minimum Gasteiger partial charge on any atom is -0.466 e. The van der Waals surface area contributed by atoms with Crippen LogP contribution in [0.1, 0.15) is 49.5 Å². The Labute approximate surface area is 117 Å². The number of aryl methyl sites for hydroxylation is 1. The summed E-state index contributed by atoms with van der Waals surface area (Å²) in [6, 6.07) is -0.125. The van der Waals surface area contributed by atoms with Crippen LogP contribution in [-0.4, -0.2) is 23.5 Å². The Bertz CT molecular complexity index is 431. The van der Waals surface area contributed by atoms with Gasteiger partial charge in [0.2, 0.25) is 5.91 Å². The lowest BCUT2D eigenvalue weighted by molar-refractivity contribution is -0.144. The third-order valence-corrected chi connectivity index (χ3v) is 3.85. The third-order valence-electron chi connectivity index (χ3n) is 2.53. The maximum Gasteiger partial charge on any atom is 0.306 e. The molecular weight excluding hydrogens is 264 g/mol. The lowest BCUT2D eigenvalue weighted by Gasteiger charge is -2.10. The molecule has 1 rings (SSSR count). The predicted octanol–water partition coefficient (Wildman–Crippen LogP) is 2.23. The van der Waals surface area contributed by atoms with Crippen LogP contribution in [0.4, 0.5) is 0 Å². The Balaban J connectivity index is 2.37. The van der Waals surface area contributed by atoms with Crippen LogP contribution < -0.4 is 5.32 Å². The molecule has 106 valence electrons. The average molecular weight is 284 g/mol. The molecule has 0 spiro atoms. The molecule has 0 aromatic carbocycles. The van der Waals surface area contributed by atoms with Crippen molar-refractivity contribution in [2.24, 2.45) is 0 Å². The van der Waals surface area contributed by atoms with Crippen LogP contribution in [0.5, 0.6) is 0 Å². The third kappa shape index (κ3) is 5.38. The molecule has 5 nitrogen and oxygen atoms in total. The van der Waals surface area contributed by atoms with Gasteiger partial charge in [0.05, 0.1) is 19.1 Å². The summed E-state index contributed by atoms with van der Waals surface area (Å²) in [6.45, 7) is 6.05. The van der Waals surface area contributed by atoms with Gasteiger partial charge < -0.3 is 10.1 Å². The first-order chi connectivity index (χ1) is 9.06. The molecule has 0 bridgehead atoms. The molecule has 0 aliphatic heterocycles. The standard InChI is InChI=1S/C13H20N2O3S/c1-4-10-8-14-13(19-10)9(3)15-11(16)6-7-12(17)18-5-2/h8-9H,4-7H2,1-3H3,(H,15,16). The number of amides is 1. The molecular formula is C13H20N2O3S. The van der Waals surface area contributed by atoms with E-state index in [-0.39, 0.29) is 30.8 Å². The van der Waals surface area contributed by atoms with E-state index < -0.39 is 0 Å². The summed E-state index contributed by atoms with van der Waals surface area (Å²) in [7, 11) is 0. The summed E-state index contributed by atoms with van der Waals surface area (Å²) in [5, 5.41) is 3.72. The van der Waals surface area contributed by atoms with Gasteiger partial charge in [-0.15, -0.1) is 11.3 Å². The highest BCUT2D eigenvalue weighted by Crippen LogP contribution is 2.20. The van der Waals surface area contributed by atoms with Gasteiger partial charge in [0, 0.05) is 17.5 Å². The number of carbonyl (C=O) groups excluding carboxylic acids is 2. The fourth-order valence-electron chi connectivity index (χ4n) is 1.51. The number of ether oxygens (including phenoxy) is 1.